The van der Waals surface area contributed by atoms with Crippen molar-refractivity contribution in [3.05, 3.63) is 54.2 Å². The smallest absolute Gasteiger partial charge is 0.224 e. The lowest BCUT2D eigenvalue weighted by Crippen LogP contribution is -2.46. The molecule has 1 fully saturated rings. The van der Waals surface area contributed by atoms with Gasteiger partial charge in [-0.1, -0.05) is 12.1 Å². The molecule has 3 aromatic rings. The minimum atomic E-state index is 0.0930. The van der Waals surface area contributed by atoms with Crippen LogP contribution in [0.3, 0.4) is 0 Å². The number of piperazine rings is 1. The van der Waals surface area contributed by atoms with Crippen LogP contribution >= 0.6 is 0 Å². The van der Waals surface area contributed by atoms with E-state index in [-0.39, 0.29) is 5.91 Å². The molecule has 1 aromatic heterocycles. The number of hydrogen-bond acceptors (Lipinski definition) is 4. The number of carbonyl (C=O) groups excluding carboxylic acids is 1. The predicted octanol–water partition coefficient (Wildman–Crippen LogP) is 5.09. The van der Waals surface area contributed by atoms with Gasteiger partial charge >= 0.3 is 0 Å². The van der Waals surface area contributed by atoms with Crippen molar-refractivity contribution in [1.29, 1.82) is 0 Å². The van der Waals surface area contributed by atoms with Gasteiger partial charge in [0.15, 0.2) is 0 Å². The first kappa shape index (κ1) is 22.8. The lowest BCUT2D eigenvalue weighted by molar-refractivity contribution is -0.116. The summed E-state index contributed by atoms with van der Waals surface area (Å²) >= 11 is 0. The van der Waals surface area contributed by atoms with Crippen molar-refractivity contribution in [2.75, 3.05) is 49.5 Å². The maximum atomic E-state index is 11.6. The highest BCUT2D eigenvalue weighted by Crippen LogP contribution is 2.30. The number of nitrogens with zero attached hydrogens (tertiary/aromatic N) is 3. The van der Waals surface area contributed by atoms with E-state index in [1.807, 2.05) is 12.1 Å². The molecule has 1 amide bonds. The van der Waals surface area contributed by atoms with Crippen LogP contribution in [0.25, 0.3) is 10.9 Å². The topological polar surface area (TPSA) is 49.7 Å². The predicted molar refractivity (Wildman–Crippen MR) is 139 cm³/mol. The summed E-state index contributed by atoms with van der Waals surface area (Å²) in [7, 11) is 0. The van der Waals surface area contributed by atoms with E-state index in [2.05, 4.69) is 70.1 Å². The summed E-state index contributed by atoms with van der Waals surface area (Å²) in [5, 5.41) is 4.31. The zero-order valence-electron chi connectivity index (χ0n) is 20.4. The number of aryl methyl sites for hydroxylation is 1. The summed E-state index contributed by atoms with van der Waals surface area (Å²) in [6, 6.07) is 15.5. The van der Waals surface area contributed by atoms with Gasteiger partial charge in [-0.25, -0.2) is 0 Å². The van der Waals surface area contributed by atoms with E-state index in [9.17, 15) is 4.79 Å². The Balaban J connectivity index is 1.06. The van der Waals surface area contributed by atoms with E-state index in [0.29, 0.717) is 19.1 Å². The molecule has 0 atom stereocenters. The van der Waals surface area contributed by atoms with Crippen LogP contribution < -0.4 is 15.0 Å². The fraction of sp³-hybridized carbons (Fsp3) is 0.464. The average Bonchev–Trinajstić information content (AvgIpc) is 3.29. The second-order valence-electron chi connectivity index (χ2n) is 9.78. The molecule has 0 unspecified atom stereocenters. The Bertz CT molecular complexity index is 1140. The largest absolute Gasteiger partial charge is 0.494 e. The molecule has 0 radical (unpaired) electrons. The van der Waals surface area contributed by atoms with Gasteiger partial charge in [0, 0.05) is 67.7 Å². The summed E-state index contributed by atoms with van der Waals surface area (Å²) in [5.74, 6) is 0.936. The highest BCUT2D eigenvalue weighted by atomic mass is 16.5. The Kier molecular flexibility index (Phi) is 6.77. The van der Waals surface area contributed by atoms with Gasteiger partial charge in [0.2, 0.25) is 5.91 Å². The van der Waals surface area contributed by atoms with Crippen LogP contribution in [0.15, 0.2) is 48.7 Å². The van der Waals surface area contributed by atoms with Crippen molar-refractivity contribution in [3.63, 3.8) is 0 Å². The van der Waals surface area contributed by atoms with E-state index >= 15 is 0 Å². The molecule has 2 aliphatic rings. The molecule has 6 heteroatoms. The van der Waals surface area contributed by atoms with Crippen LogP contribution in [0.5, 0.6) is 5.75 Å². The van der Waals surface area contributed by atoms with E-state index in [1.54, 1.807) is 0 Å². The fourth-order valence-corrected chi connectivity index (χ4v) is 5.18. The van der Waals surface area contributed by atoms with Crippen molar-refractivity contribution >= 4 is 28.2 Å². The molecule has 6 nitrogen and oxygen atoms in total. The molecule has 2 aromatic carbocycles. The van der Waals surface area contributed by atoms with Gasteiger partial charge in [-0.15, -0.1) is 0 Å². The van der Waals surface area contributed by atoms with E-state index < -0.39 is 0 Å². The number of unbranched alkanes of at least 4 members (excludes halogenated alkanes) is 1. The minimum Gasteiger partial charge on any atom is -0.494 e. The van der Waals surface area contributed by atoms with Crippen LogP contribution in [0.1, 0.15) is 44.7 Å². The standard InChI is InChI=1S/C28H36N4O2/c1-21(2)32-14-12-24-26(6-5-7-27(24)32)31-17-15-30(16-18-31)13-3-4-19-34-23-10-8-22-9-11-28(33)29-25(22)20-23/h5-8,10,12,14,20-21H,3-4,9,11,13,15-19H2,1-2H3,(H,29,33). The van der Waals surface area contributed by atoms with Crippen molar-refractivity contribution < 1.29 is 9.53 Å². The van der Waals surface area contributed by atoms with Crippen LogP contribution in [0.2, 0.25) is 0 Å². The first-order chi connectivity index (χ1) is 16.6. The molecule has 0 bridgehead atoms. The Labute approximate surface area is 202 Å². The normalized spacial score (nSPS) is 16.7. The quantitative estimate of drug-likeness (QED) is 0.476. The third-order valence-corrected chi connectivity index (χ3v) is 7.12. The maximum absolute atomic E-state index is 11.6. The maximum Gasteiger partial charge on any atom is 0.224 e. The van der Waals surface area contributed by atoms with E-state index in [4.69, 9.17) is 4.74 Å². The number of rotatable bonds is 8. The van der Waals surface area contributed by atoms with Crippen molar-refractivity contribution in [3.8, 4) is 5.75 Å². The number of benzene rings is 2. The Morgan fingerprint density at radius 2 is 1.85 bits per heavy atom. The molecule has 0 saturated carbocycles. The highest BCUT2D eigenvalue weighted by Gasteiger charge is 2.19. The van der Waals surface area contributed by atoms with Crippen molar-refractivity contribution in [2.45, 2.75) is 45.6 Å². The second-order valence-corrected chi connectivity index (χ2v) is 9.78. The monoisotopic (exact) mass is 460 g/mol. The van der Waals surface area contributed by atoms with Gasteiger partial charge in [-0.2, -0.15) is 0 Å². The van der Waals surface area contributed by atoms with E-state index in [0.717, 1.165) is 63.4 Å². The fourth-order valence-electron chi connectivity index (χ4n) is 5.18. The summed E-state index contributed by atoms with van der Waals surface area (Å²) in [5.41, 5.74) is 4.80. The number of hydrogen-bond donors (Lipinski definition) is 1. The Morgan fingerprint density at radius 3 is 2.68 bits per heavy atom. The Hall–Kier alpha value is -2.99. The molecule has 2 aliphatic heterocycles. The molecule has 34 heavy (non-hydrogen) atoms. The molecular formula is C28H36N4O2. The zero-order chi connectivity index (χ0) is 23.5. The van der Waals surface area contributed by atoms with Crippen molar-refractivity contribution in [2.24, 2.45) is 0 Å². The van der Waals surface area contributed by atoms with Gasteiger partial charge < -0.3 is 19.5 Å². The van der Waals surface area contributed by atoms with E-state index in [1.165, 1.54) is 22.2 Å². The number of carbonyl (C=O) groups is 1. The molecule has 1 saturated heterocycles. The van der Waals surface area contributed by atoms with Gasteiger partial charge in [0.25, 0.3) is 0 Å². The molecule has 1 N–H and O–H groups in total. The highest BCUT2D eigenvalue weighted by molar-refractivity contribution is 5.94. The summed E-state index contributed by atoms with van der Waals surface area (Å²) in [4.78, 5) is 16.7. The van der Waals surface area contributed by atoms with Crippen LogP contribution in [0.4, 0.5) is 11.4 Å². The molecule has 0 aliphatic carbocycles. The van der Waals surface area contributed by atoms with Gasteiger partial charge in [0.05, 0.1) is 12.1 Å². The number of anilines is 2. The molecule has 5 rings (SSSR count). The minimum absolute atomic E-state index is 0.0930. The number of ether oxygens (including phenoxy) is 1. The zero-order valence-corrected chi connectivity index (χ0v) is 20.4. The van der Waals surface area contributed by atoms with Crippen molar-refractivity contribution in [1.82, 2.24) is 9.47 Å². The Morgan fingerprint density at radius 1 is 1.00 bits per heavy atom. The average molecular weight is 461 g/mol. The summed E-state index contributed by atoms with van der Waals surface area (Å²) < 4.78 is 8.31. The molecule has 3 heterocycles. The van der Waals surface area contributed by atoms with Crippen LogP contribution in [-0.2, 0) is 11.2 Å². The molecule has 0 spiro atoms. The first-order valence-corrected chi connectivity index (χ1v) is 12.7. The molecule has 180 valence electrons. The molecular weight excluding hydrogens is 424 g/mol. The lowest BCUT2D eigenvalue weighted by atomic mass is 10.0. The summed E-state index contributed by atoms with van der Waals surface area (Å²) in [6.07, 6.45) is 5.77. The summed E-state index contributed by atoms with van der Waals surface area (Å²) in [6.45, 7) is 10.7. The second kappa shape index (κ2) is 10.1. The number of fused-ring (bicyclic) bond motifs is 2. The third kappa shape index (κ3) is 4.92. The first-order valence-electron chi connectivity index (χ1n) is 12.7. The number of aromatic nitrogens is 1. The van der Waals surface area contributed by atoms with Gasteiger partial charge in [-0.05, 0) is 69.5 Å². The van der Waals surface area contributed by atoms with Gasteiger partial charge in [-0.3, -0.25) is 9.69 Å². The lowest BCUT2D eigenvalue weighted by Gasteiger charge is -2.36. The van der Waals surface area contributed by atoms with Crippen LogP contribution in [0, 0.1) is 0 Å². The SMILES string of the molecule is CC(C)n1ccc2c(N3CCN(CCCCOc4ccc5c(c4)NC(=O)CC5)CC3)cccc21. The van der Waals surface area contributed by atoms with Crippen LogP contribution in [-0.4, -0.2) is 54.7 Å². The number of amides is 1. The number of nitrogens with one attached hydrogen (secondary N) is 1. The third-order valence-electron chi connectivity index (χ3n) is 7.12. The van der Waals surface area contributed by atoms with Gasteiger partial charge in [0.1, 0.15) is 5.75 Å².